The van der Waals surface area contributed by atoms with Gasteiger partial charge in [-0.15, -0.1) is 0 Å². The molecule has 0 aliphatic heterocycles. The molecule has 0 radical (unpaired) electrons. The van der Waals surface area contributed by atoms with E-state index in [1.165, 1.54) is 0 Å². The highest BCUT2D eigenvalue weighted by molar-refractivity contribution is 9.09. The van der Waals surface area contributed by atoms with Gasteiger partial charge in [0.05, 0.1) is 12.7 Å². The summed E-state index contributed by atoms with van der Waals surface area (Å²) in [6.45, 7) is -0.103. The minimum atomic E-state index is -0.504. The molecule has 0 aliphatic rings. The average Bonchev–Trinajstić information content (AvgIpc) is 1.98. The molecule has 0 aliphatic carbocycles. The molecule has 62 valence electrons. The maximum Gasteiger partial charge on any atom is 0.0770 e. The largest absolute Gasteiger partial charge is 0.394 e. The van der Waals surface area contributed by atoms with Crippen LogP contribution < -0.4 is 0 Å². The number of unbranched alkanes of at least 4 members (excludes halogenated alkanes) is 2. The lowest BCUT2D eigenvalue weighted by atomic mass is 10.1. The molecule has 0 aromatic rings. The zero-order valence-corrected chi connectivity index (χ0v) is 7.68. The highest BCUT2D eigenvalue weighted by atomic mass is 79.9. The Balaban J connectivity index is 2.89. The Hall–Kier alpha value is 0.400. The second kappa shape index (κ2) is 7.51. The summed E-state index contributed by atoms with van der Waals surface area (Å²) in [5.41, 5.74) is 0. The van der Waals surface area contributed by atoms with Crippen molar-refractivity contribution in [3.05, 3.63) is 0 Å². The fourth-order valence-corrected chi connectivity index (χ4v) is 1.14. The molecule has 1 atom stereocenters. The molecular formula is C7H15BrO2. The summed E-state index contributed by atoms with van der Waals surface area (Å²) >= 11 is 3.32. The van der Waals surface area contributed by atoms with Gasteiger partial charge in [0.25, 0.3) is 0 Å². The second-order valence-electron chi connectivity index (χ2n) is 2.37. The molecule has 1 unspecified atom stereocenters. The number of aliphatic hydroxyl groups is 2. The van der Waals surface area contributed by atoms with Crippen molar-refractivity contribution in [1.29, 1.82) is 0 Å². The molecule has 0 aromatic carbocycles. The lowest BCUT2D eigenvalue weighted by molar-refractivity contribution is 0.0861. The Kier molecular flexibility index (Phi) is 7.81. The first-order valence-electron chi connectivity index (χ1n) is 3.66. The van der Waals surface area contributed by atoms with E-state index in [4.69, 9.17) is 10.2 Å². The quantitative estimate of drug-likeness (QED) is 0.513. The number of aliphatic hydroxyl groups excluding tert-OH is 2. The molecule has 0 saturated carbocycles. The van der Waals surface area contributed by atoms with E-state index in [1.807, 2.05) is 0 Å². The molecule has 0 fully saturated rings. The topological polar surface area (TPSA) is 40.5 Å². The predicted molar refractivity (Wildman–Crippen MR) is 45.4 cm³/mol. The van der Waals surface area contributed by atoms with Crippen molar-refractivity contribution in [2.75, 3.05) is 11.9 Å². The standard InChI is InChI=1S/C7H15BrO2/c8-5-3-1-2-4-7(10)6-9/h7,9-10H,1-6H2. The van der Waals surface area contributed by atoms with Crippen molar-refractivity contribution < 1.29 is 10.2 Å². The molecule has 2 N–H and O–H groups in total. The van der Waals surface area contributed by atoms with Gasteiger partial charge in [0, 0.05) is 5.33 Å². The van der Waals surface area contributed by atoms with E-state index < -0.39 is 6.10 Å². The fourth-order valence-electron chi connectivity index (χ4n) is 0.743. The van der Waals surface area contributed by atoms with Gasteiger partial charge in [-0.25, -0.2) is 0 Å². The third-order valence-electron chi connectivity index (χ3n) is 1.38. The van der Waals surface area contributed by atoms with Crippen molar-refractivity contribution in [1.82, 2.24) is 0 Å². The monoisotopic (exact) mass is 210 g/mol. The van der Waals surface area contributed by atoms with Crippen LogP contribution in [0.2, 0.25) is 0 Å². The van der Waals surface area contributed by atoms with Gasteiger partial charge >= 0.3 is 0 Å². The summed E-state index contributed by atoms with van der Waals surface area (Å²) in [4.78, 5) is 0. The lowest BCUT2D eigenvalue weighted by Crippen LogP contribution is -2.10. The zero-order valence-electron chi connectivity index (χ0n) is 6.09. The molecule has 2 nitrogen and oxygen atoms in total. The highest BCUT2D eigenvalue weighted by Gasteiger charge is 1.99. The lowest BCUT2D eigenvalue weighted by Gasteiger charge is -2.04. The smallest absolute Gasteiger partial charge is 0.0770 e. The maximum absolute atomic E-state index is 8.90. The van der Waals surface area contributed by atoms with Crippen LogP contribution >= 0.6 is 15.9 Å². The third-order valence-corrected chi connectivity index (χ3v) is 1.94. The summed E-state index contributed by atoms with van der Waals surface area (Å²) in [5.74, 6) is 0. The fraction of sp³-hybridized carbons (Fsp3) is 1.00. The van der Waals surface area contributed by atoms with Crippen LogP contribution in [0.4, 0.5) is 0 Å². The van der Waals surface area contributed by atoms with Crippen LogP contribution in [-0.4, -0.2) is 28.3 Å². The minimum Gasteiger partial charge on any atom is -0.394 e. The Labute approximate surface area is 70.4 Å². The first-order valence-corrected chi connectivity index (χ1v) is 4.78. The minimum absolute atomic E-state index is 0.103. The molecule has 0 amide bonds. The Morgan fingerprint density at radius 1 is 1.20 bits per heavy atom. The average molecular weight is 211 g/mol. The Morgan fingerprint density at radius 2 is 1.90 bits per heavy atom. The summed E-state index contributed by atoms with van der Waals surface area (Å²) in [6, 6.07) is 0. The summed E-state index contributed by atoms with van der Waals surface area (Å²) < 4.78 is 0. The van der Waals surface area contributed by atoms with Gasteiger partial charge < -0.3 is 10.2 Å². The highest BCUT2D eigenvalue weighted by Crippen LogP contribution is 2.04. The summed E-state index contributed by atoms with van der Waals surface area (Å²) in [6.07, 6.45) is 3.51. The van der Waals surface area contributed by atoms with E-state index in [9.17, 15) is 0 Å². The summed E-state index contributed by atoms with van der Waals surface area (Å²) in [5, 5.41) is 18.4. The van der Waals surface area contributed by atoms with Crippen LogP contribution in [0.1, 0.15) is 25.7 Å². The molecule has 0 saturated heterocycles. The molecule has 0 heterocycles. The summed E-state index contributed by atoms with van der Waals surface area (Å²) in [7, 11) is 0. The van der Waals surface area contributed by atoms with Crippen molar-refractivity contribution in [3.63, 3.8) is 0 Å². The van der Waals surface area contributed by atoms with Gasteiger partial charge in [0.15, 0.2) is 0 Å². The van der Waals surface area contributed by atoms with Crippen LogP contribution in [0.15, 0.2) is 0 Å². The number of hydrogen-bond donors (Lipinski definition) is 2. The number of hydrogen-bond acceptors (Lipinski definition) is 2. The van der Waals surface area contributed by atoms with Crippen LogP contribution in [-0.2, 0) is 0 Å². The molecular weight excluding hydrogens is 196 g/mol. The van der Waals surface area contributed by atoms with Gasteiger partial charge in [0.2, 0.25) is 0 Å². The van der Waals surface area contributed by atoms with Crippen molar-refractivity contribution >= 4 is 15.9 Å². The van der Waals surface area contributed by atoms with Crippen molar-refractivity contribution in [2.45, 2.75) is 31.8 Å². The number of rotatable bonds is 6. The van der Waals surface area contributed by atoms with E-state index in [-0.39, 0.29) is 6.61 Å². The zero-order chi connectivity index (χ0) is 7.82. The maximum atomic E-state index is 8.90. The molecule has 0 bridgehead atoms. The number of alkyl halides is 1. The molecule has 0 aromatic heterocycles. The second-order valence-corrected chi connectivity index (χ2v) is 3.17. The first-order chi connectivity index (χ1) is 4.81. The van der Waals surface area contributed by atoms with Crippen molar-refractivity contribution in [2.24, 2.45) is 0 Å². The van der Waals surface area contributed by atoms with E-state index >= 15 is 0 Å². The Morgan fingerprint density at radius 3 is 2.40 bits per heavy atom. The first kappa shape index (κ1) is 10.4. The van der Waals surface area contributed by atoms with E-state index in [1.54, 1.807) is 0 Å². The molecule has 0 spiro atoms. The van der Waals surface area contributed by atoms with Gasteiger partial charge in [-0.2, -0.15) is 0 Å². The van der Waals surface area contributed by atoms with Gasteiger partial charge in [-0.3, -0.25) is 0 Å². The van der Waals surface area contributed by atoms with Crippen LogP contribution in [0, 0.1) is 0 Å². The third kappa shape index (κ3) is 6.52. The van der Waals surface area contributed by atoms with E-state index in [2.05, 4.69) is 15.9 Å². The predicted octanol–water partition coefficient (Wildman–Crippen LogP) is 1.29. The molecule has 3 heteroatoms. The molecule has 0 rings (SSSR count). The van der Waals surface area contributed by atoms with Gasteiger partial charge in [0.1, 0.15) is 0 Å². The Bertz CT molecular complexity index is 68.6. The van der Waals surface area contributed by atoms with E-state index in [0.29, 0.717) is 0 Å². The normalized spacial score (nSPS) is 13.5. The van der Waals surface area contributed by atoms with Crippen molar-refractivity contribution in [3.8, 4) is 0 Å². The van der Waals surface area contributed by atoms with Crippen LogP contribution in [0.25, 0.3) is 0 Å². The van der Waals surface area contributed by atoms with Gasteiger partial charge in [-0.05, 0) is 12.8 Å². The number of halogens is 1. The van der Waals surface area contributed by atoms with Gasteiger partial charge in [-0.1, -0.05) is 28.8 Å². The van der Waals surface area contributed by atoms with Crippen LogP contribution in [0.5, 0.6) is 0 Å². The SMILES string of the molecule is OCC(O)CCCCCBr. The van der Waals surface area contributed by atoms with E-state index in [0.717, 1.165) is 31.0 Å². The van der Waals surface area contributed by atoms with Crippen LogP contribution in [0.3, 0.4) is 0 Å². The molecule has 10 heavy (non-hydrogen) atoms.